The molecule has 1 heterocycles. The highest BCUT2D eigenvalue weighted by Gasteiger charge is 2.37. The first-order chi connectivity index (χ1) is 26.6. The van der Waals surface area contributed by atoms with Gasteiger partial charge in [0.1, 0.15) is 0 Å². The summed E-state index contributed by atoms with van der Waals surface area (Å²) in [4.78, 5) is 0. The molecule has 1 aliphatic heterocycles. The van der Waals surface area contributed by atoms with Crippen LogP contribution in [0.4, 0.5) is 0 Å². The molecule has 6 aromatic carbocycles. The summed E-state index contributed by atoms with van der Waals surface area (Å²) in [5.74, 6) is 0. The average molecular weight is 772 g/mol. The van der Waals surface area contributed by atoms with E-state index in [0.29, 0.717) is 39.3 Å². The first kappa shape index (κ1) is 38.1. The highest BCUT2D eigenvalue weighted by molar-refractivity contribution is 7.83. The number of rotatable bonds is 18. The lowest BCUT2D eigenvalue weighted by molar-refractivity contribution is 0.842. The fourth-order valence-corrected chi connectivity index (χ4v) is 17.6. The van der Waals surface area contributed by atoms with Crippen LogP contribution in [0.25, 0.3) is 0 Å². The molecule has 0 fully saturated rings. The Hall–Kier alpha value is -4.23. The van der Waals surface area contributed by atoms with Gasteiger partial charge in [-0.2, -0.15) is 13.5 Å². The fourth-order valence-electron chi connectivity index (χ4n) is 5.95. The third kappa shape index (κ3) is 10.9. The summed E-state index contributed by atoms with van der Waals surface area (Å²) in [5, 5.41) is 23.6. The maximum absolute atomic E-state index is 5.80. The highest BCUT2D eigenvalue weighted by Crippen LogP contribution is 2.71. The topological polar surface area (TPSA) is 109 Å². The van der Waals surface area contributed by atoms with Crippen LogP contribution in [0.3, 0.4) is 0 Å². The number of nitrogens with one attached hydrogen (secondary N) is 6. The van der Waals surface area contributed by atoms with Crippen molar-refractivity contribution in [3.05, 3.63) is 215 Å². The van der Waals surface area contributed by atoms with E-state index in [1.54, 1.807) is 0 Å². The summed E-state index contributed by atoms with van der Waals surface area (Å²) in [6, 6.07) is 62.9. The van der Waals surface area contributed by atoms with Gasteiger partial charge in [0.2, 0.25) is 22.5 Å². The quantitative estimate of drug-likeness (QED) is 0.0486. The number of benzene rings is 6. The minimum absolute atomic E-state index is 0.581. The Bertz CT molecular complexity index is 1790. The van der Waals surface area contributed by atoms with E-state index in [0.717, 1.165) is 33.4 Å². The molecule has 0 atom stereocenters. The lowest BCUT2D eigenvalue weighted by atomic mass is 10.2. The summed E-state index contributed by atoms with van der Waals surface area (Å²) < 4.78 is 17.4. The van der Waals surface area contributed by atoms with Crippen molar-refractivity contribution in [2.24, 2.45) is 13.5 Å². The molecule has 0 unspecified atom stereocenters. The molecule has 0 saturated carbocycles. The Balaban J connectivity index is 1.41. The maximum atomic E-state index is 5.80. The van der Waals surface area contributed by atoms with Gasteiger partial charge in [0.25, 0.3) is 0 Å². The second-order valence-corrected chi connectivity index (χ2v) is 20.6. The molecule has 276 valence electrons. The lowest BCUT2D eigenvalue weighted by Crippen LogP contribution is -2.30. The van der Waals surface area contributed by atoms with Gasteiger partial charge in [-0.1, -0.05) is 182 Å². The van der Waals surface area contributed by atoms with Crippen molar-refractivity contribution in [2.75, 3.05) is 0 Å². The molecule has 9 nitrogen and oxygen atoms in total. The molecule has 0 saturated heterocycles. The van der Waals surface area contributed by atoms with Crippen LogP contribution >= 0.6 is 22.5 Å². The summed E-state index contributed by atoms with van der Waals surface area (Å²) in [5.41, 5.74) is 6.93. The number of nitrogens with zero attached hydrogens (tertiary/aromatic N) is 3. The number of hydrogen-bond donors (Lipinski definition) is 6. The van der Waals surface area contributed by atoms with Gasteiger partial charge in [-0.05, 0) is 33.4 Å². The van der Waals surface area contributed by atoms with Crippen LogP contribution in [0.2, 0.25) is 0 Å². The lowest BCUT2D eigenvalue weighted by Gasteiger charge is -2.38. The number of hydrogen-bond acceptors (Lipinski definition) is 9. The molecule has 7 rings (SSSR count). The van der Waals surface area contributed by atoms with Crippen LogP contribution < -0.4 is 30.5 Å². The van der Waals surface area contributed by atoms with E-state index in [1.165, 1.54) is 0 Å². The molecule has 0 bridgehead atoms. The van der Waals surface area contributed by atoms with Gasteiger partial charge in [0.15, 0.2) is 0 Å². The van der Waals surface area contributed by atoms with E-state index in [4.69, 9.17) is 13.5 Å². The van der Waals surface area contributed by atoms with Gasteiger partial charge in [-0.3, -0.25) is 0 Å². The van der Waals surface area contributed by atoms with Gasteiger partial charge in [0, 0.05) is 39.3 Å². The smallest absolute Gasteiger partial charge is 0.216 e. The van der Waals surface area contributed by atoms with Crippen molar-refractivity contribution in [3.8, 4) is 0 Å². The monoisotopic (exact) mass is 771 g/mol. The Kier molecular flexibility index (Phi) is 13.3. The van der Waals surface area contributed by atoms with Gasteiger partial charge < -0.3 is 0 Å². The van der Waals surface area contributed by atoms with Crippen LogP contribution in [0, 0.1) is 0 Å². The maximum Gasteiger partial charge on any atom is 0.216 e. The second kappa shape index (κ2) is 18.9. The summed E-state index contributed by atoms with van der Waals surface area (Å²) in [6.45, 7) is 3.49. The molecule has 0 aliphatic carbocycles. The van der Waals surface area contributed by atoms with E-state index in [-0.39, 0.29) is 0 Å². The molecule has 54 heavy (non-hydrogen) atoms. The van der Waals surface area contributed by atoms with Gasteiger partial charge in [-0.25, -0.2) is 30.5 Å². The minimum Gasteiger partial charge on any atom is -0.249 e. The molecule has 0 aromatic heterocycles. The molecule has 0 radical (unpaired) electrons. The van der Waals surface area contributed by atoms with Crippen molar-refractivity contribution in [3.63, 3.8) is 0 Å². The molecule has 12 heteroatoms. The molecular weight excluding hydrogens is 723 g/mol. The van der Waals surface area contributed by atoms with Gasteiger partial charge in [0.05, 0.1) is 0 Å². The zero-order valence-electron chi connectivity index (χ0n) is 30.2. The third-order valence-corrected chi connectivity index (χ3v) is 18.7. The Morgan fingerprint density at radius 2 is 0.389 bits per heavy atom. The zero-order chi connectivity index (χ0) is 36.8. The van der Waals surface area contributed by atoms with E-state index in [1.807, 2.05) is 36.4 Å². The normalized spacial score (nSPS) is 15.3. The predicted molar refractivity (Wildman–Crippen MR) is 228 cm³/mol. The Labute approximate surface area is 320 Å². The first-order valence-electron chi connectivity index (χ1n) is 18.2. The minimum atomic E-state index is -2.94. The van der Waals surface area contributed by atoms with Crippen molar-refractivity contribution < 1.29 is 0 Å². The van der Waals surface area contributed by atoms with Crippen LogP contribution in [0.5, 0.6) is 0 Å². The standard InChI is InChI=1S/C42H48N9P3/c1-7-19-37(20-8-1)31-43-52(44-32-38-21-9-2-10-22-38)49-53(45-33-39-23-11-3-12-24-39,46-34-40-25-13-4-14-26-40)51-54(50-52,47-35-41-27-15-5-16-28-41)48-36-42-29-17-6-18-30-42/h1-30,43-48H,31-36H2. The molecule has 0 spiro atoms. The summed E-state index contributed by atoms with van der Waals surface area (Å²) >= 11 is 0. The largest absolute Gasteiger partial charge is 0.249 e. The predicted octanol–water partition coefficient (Wildman–Crippen LogP) is 10.6. The van der Waals surface area contributed by atoms with Crippen LogP contribution in [-0.4, -0.2) is 0 Å². The van der Waals surface area contributed by atoms with E-state index < -0.39 is 22.5 Å². The van der Waals surface area contributed by atoms with Gasteiger partial charge >= 0.3 is 0 Å². The third-order valence-electron chi connectivity index (χ3n) is 8.86. The Morgan fingerprint density at radius 3 is 0.537 bits per heavy atom. The molecule has 1 aliphatic rings. The summed E-state index contributed by atoms with van der Waals surface area (Å²) in [6.07, 6.45) is 0. The fraction of sp³-hybridized carbons (Fsp3) is 0.143. The van der Waals surface area contributed by atoms with Crippen molar-refractivity contribution >= 4 is 22.5 Å². The zero-order valence-corrected chi connectivity index (χ0v) is 32.9. The first-order valence-corrected chi connectivity index (χ1v) is 23.3. The van der Waals surface area contributed by atoms with E-state index >= 15 is 0 Å². The molecular formula is C42H48N9P3. The van der Waals surface area contributed by atoms with Crippen molar-refractivity contribution in [1.82, 2.24) is 30.5 Å². The van der Waals surface area contributed by atoms with Crippen LogP contribution in [0.1, 0.15) is 33.4 Å². The second-order valence-electron chi connectivity index (χ2n) is 13.0. The van der Waals surface area contributed by atoms with Crippen molar-refractivity contribution in [2.45, 2.75) is 39.3 Å². The highest BCUT2D eigenvalue weighted by atomic mass is 31.3. The van der Waals surface area contributed by atoms with E-state index in [9.17, 15) is 0 Å². The van der Waals surface area contributed by atoms with E-state index in [2.05, 4.69) is 176 Å². The van der Waals surface area contributed by atoms with Gasteiger partial charge in [-0.15, -0.1) is 0 Å². The Morgan fingerprint density at radius 1 is 0.241 bits per heavy atom. The van der Waals surface area contributed by atoms with Crippen molar-refractivity contribution in [1.29, 1.82) is 0 Å². The van der Waals surface area contributed by atoms with Crippen LogP contribution in [0.15, 0.2) is 196 Å². The van der Waals surface area contributed by atoms with Crippen LogP contribution in [-0.2, 0) is 39.3 Å². The summed E-state index contributed by atoms with van der Waals surface area (Å²) in [7, 11) is -8.83. The average Bonchev–Trinajstić information content (AvgIpc) is 3.25. The molecule has 0 amide bonds. The molecule has 6 N–H and O–H groups in total. The molecule has 6 aromatic rings. The SMILES string of the molecule is c1ccc(CNP2(NCc3ccccc3)=NP(NCc3ccccc3)(NCc3ccccc3)=NP(NCc3ccccc3)(NCc3ccccc3)=N2)cc1.